The summed E-state index contributed by atoms with van der Waals surface area (Å²) < 4.78 is 0. The number of aryl methyl sites for hydroxylation is 1. The average Bonchev–Trinajstić information content (AvgIpc) is 2.96. The Morgan fingerprint density at radius 2 is 2.13 bits per heavy atom. The summed E-state index contributed by atoms with van der Waals surface area (Å²) in [4.78, 5) is 22.8. The first kappa shape index (κ1) is 17.2. The van der Waals surface area contributed by atoms with Gasteiger partial charge in [-0.25, -0.2) is 0 Å². The van der Waals surface area contributed by atoms with Crippen LogP contribution in [0.1, 0.15) is 25.3 Å². The number of rotatable bonds is 7. The first-order chi connectivity index (χ1) is 11.0. The van der Waals surface area contributed by atoms with Gasteiger partial charge in [0, 0.05) is 19.0 Å². The molecule has 4 atom stereocenters. The Bertz CT molecular complexity index is 559. The first-order valence-electron chi connectivity index (χ1n) is 7.93. The van der Waals surface area contributed by atoms with Crippen LogP contribution < -0.4 is 10.6 Å². The van der Waals surface area contributed by atoms with Gasteiger partial charge in [0.25, 0.3) is 0 Å². The van der Waals surface area contributed by atoms with Gasteiger partial charge >= 0.3 is 5.97 Å². The molecule has 0 bridgehead atoms. The van der Waals surface area contributed by atoms with Crippen LogP contribution in [-0.4, -0.2) is 35.1 Å². The van der Waals surface area contributed by atoms with Crippen molar-refractivity contribution in [2.24, 2.45) is 5.92 Å². The molecular weight excluding hydrogens is 292 g/mol. The number of carboxylic acid groups (broad SMARTS) is 1. The maximum Gasteiger partial charge on any atom is 0.320 e. The predicted molar refractivity (Wildman–Crippen MR) is 89.0 cm³/mol. The van der Waals surface area contributed by atoms with Gasteiger partial charge in [0.2, 0.25) is 5.91 Å². The van der Waals surface area contributed by atoms with Crippen LogP contribution in [0.2, 0.25) is 0 Å². The van der Waals surface area contributed by atoms with Crippen molar-refractivity contribution in [2.45, 2.75) is 44.3 Å². The van der Waals surface area contributed by atoms with Crippen LogP contribution >= 0.6 is 0 Å². The van der Waals surface area contributed by atoms with Gasteiger partial charge in [-0.15, -0.1) is 6.58 Å². The third-order valence-corrected chi connectivity index (χ3v) is 4.37. The first-order valence-corrected chi connectivity index (χ1v) is 7.93. The van der Waals surface area contributed by atoms with Crippen molar-refractivity contribution in [2.75, 3.05) is 0 Å². The van der Waals surface area contributed by atoms with Crippen molar-refractivity contribution >= 4 is 11.9 Å². The van der Waals surface area contributed by atoms with Gasteiger partial charge in [-0.2, -0.15) is 0 Å². The number of hydrogen-bond donors (Lipinski definition) is 3. The molecule has 124 valence electrons. The number of carbonyl (C=O) groups is 2. The van der Waals surface area contributed by atoms with Crippen LogP contribution in [0.25, 0.3) is 0 Å². The van der Waals surface area contributed by atoms with Crippen LogP contribution in [0.15, 0.2) is 43.0 Å². The van der Waals surface area contributed by atoms with E-state index in [9.17, 15) is 14.7 Å². The van der Waals surface area contributed by atoms with E-state index < -0.39 is 12.0 Å². The van der Waals surface area contributed by atoms with Gasteiger partial charge in [-0.1, -0.05) is 36.4 Å². The SMILES string of the molecule is C=C[C@@H]1C[C@H](C(=O)O)NC1[C@H](CCc1ccccc1)NC(C)=O. The molecule has 1 amide bonds. The summed E-state index contributed by atoms with van der Waals surface area (Å²) in [7, 11) is 0. The van der Waals surface area contributed by atoms with E-state index in [1.54, 1.807) is 6.08 Å². The minimum Gasteiger partial charge on any atom is -0.480 e. The number of benzene rings is 1. The number of amides is 1. The quantitative estimate of drug-likeness (QED) is 0.670. The van der Waals surface area contributed by atoms with Crippen LogP contribution in [-0.2, 0) is 16.0 Å². The molecule has 0 radical (unpaired) electrons. The zero-order valence-corrected chi connectivity index (χ0v) is 13.4. The molecule has 1 saturated heterocycles. The van der Waals surface area contributed by atoms with E-state index in [1.807, 2.05) is 18.2 Å². The highest BCUT2D eigenvalue weighted by Gasteiger charge is 2.39. The predicted octanol–water partition coefficient (Wildman–Crippen LogP) is 1.74. The van der Waals surface area contributed by atoms with Crippen molar-refractivity contribution in [3.05, 3.63) is 48.6 Å². The van der Waals surface area contributed by atoms with Crippen molar-refractivity contribution in [1.82, 2.24) is 10.6 Å². The fourth-order valence-electron chi connectivity index (χ4n) is 3.24. The molecular formula is C18H24N2O3. The molecule has 5 nitrogen and oxygen atoms in total. The summed E-state index contributed by atoms with van der Waals surface area (Å²) in [6.45, 7) is 5.31. The molecule has 1 aromatic rings. The zero-order valence-electron chi connectivity index (χ0n) is 13.4. The van der Waals surface area contributed by atoms with Gasteiger partial charge in [0.15, 0.2) is 0 Å². The molecule has 23 heavy (non-hydrogen) atoms. The molecule has 1 aliphatic heterocycles. The minimum absolute atomic E-state index is 0.0312. The van der Waals surface area contributed by atoms with Crippen molar-refractivity contribution < 1.29 is 14.7 Å². The number of hydrogen-bond acceptors (Lipinski definition) is 3. The summed E-state index contributed by atoms with van der Waals surface area (Å²) in [6, 6.07) is 9.24. The maximum atomic E-state index is 11.6. The Kier molecular flexibility index (Phi) is 5.93. The summed E-state index contributed by atoms with van der Waals surface area (Å²) in [5.74, 6) is -0.931. The molecule has 1 aromatic carbocycles. The summed E-state index contributed by atoms with van der Waals surface area (Å²) >= 11 is 0. The maximum absolute atomic E-state index is 11.6. The lowest BCUT2D eigenvalue weighted by Crippen LogP contribution is -2.51. The van der Waals surface area contributed by atoms with Crippen molar-refractivity contribution in [3.63, 3.8) is 0 Å². The van der Waals surface area contributed by atoms with Gasteiger partial charge < -0.3 is 10.4 Å². The number of aliphatic carboxylic acids is 1. The molecule has 1 fully saturated rings. The zero-order chi connectivity index (χ0) is 16.8. The van der Waals surface area contributed by atoms with Crippen molar-refractivity contribution in [1.29, 1.82) is 0 Å². The summed E-state index contributed by atoms with van der Waals surface area (Å²) in [5, 5.41) is 15.4. The average molecular weight is 316 g/mol. The lowest BCUT2D eigenvalue weighted by molar-refractivity contribution is -0.139. The van der Waals surface area contributed by atoms with E-state index in [2.05, 4.69) is 29.3 Å². The van der Waals surface area contributed by atoms with Crippen LogP contribution in [0.4, 0.5) is 0 Å². The van der Waals surface area contributed by atoms with Gasteiger partial charge in [0.05, 0.1) is 0 Å². The van der Waals surface area contributed by atoms with E-state index in [-0.39, 0.29) is 23.9 Å². The van der Waals surface area contributed by atoms with Crippen LogP contribution in [0.5, 0.6) is 0 Å². The molecule has 0 saturated carbocycles. The molecule has 3 N–H and O–H groups in total. The third-order valence-electron chi connectivity index (χ3n) is 4.37. The van der Waals surface area contributed by atoms with Gasteiger partial charge in [-0.3, -0.25) is 14.9 Å². The molecule has 0 aliphatic carbocycles. The van der Waals surface area contributed by atoms with E-state index in [1.165, 1.54) is 12.5 Å². The highest BCUT2D eigenvalue weighted by atomic mass is 16.4. The Morgan fingerprint density at radius 3 is 2.70 bits per heavy atom. The number of carbonyl (C=O) groups excluding carboxylic acids is 1. The lowest BCUT2D eigenvalue weighted by Gasteiger charge is -2.28. The minimum atomic E-state index is -0.857. The topological polar surface area (TPSA) is 78.4 Å². The molecule has 5 heteroatoms. The highest BCUT2D eigenvalue weighted by Crippen LogP contribution is 2.26. The molecule has 1 unspecified atom stereocenters. The Morgan fingerprint density at radius 1 is 1.43 bits per heavy atom. The monoisotopic (exact) mass is 316 g/mol. The highest BCUT2D eigenvalue weighted by molar-refractivity contribution is 5.75. The Balaban J connectivity index is 2.08. The second-order valence-corrected chi connectivity index (χ2v) is 6.05. The summed E-state index contributed by atoms with van der Waals surface area (Å²) in [5.41, 5.74) is 1.20. The molecule has 0 aromatic heterocycles. The van der Waals surface area contributed by atoms with Gasteiger partial charge in [0.1, 0.15) is 6.04 Å². The fourth-order valence-corrected chi connectivity index (χ4v) is 3.24. The smallest absolute Gasteiger partial charge is 0.320 e. The number of carboxylic acids is 1. The number of nitrogens with one attached hydrogen (secondary N) is 2. The molecule has 1 aliphatic rings. The molecule has 1 heterocycles. The Hall–Kier alpha value is -2.14. The second kappa shape index (κ2) is 7.92. The van der Waals surface area contributed by atoms with Crippen molar-refractivity contribution in [3.8, 4) is 0 Å². The fraction of sp³-hybridized carbons (Fsp3) is 0.444. The van der Waals surface area contributed by atoms with E-state index in [0.29, 0.717) is 6.42 Å². The summed E-state index contributed by atoms with van der Waals surface area (Å²) in [6.07, 6.45) is 3.87. The van der Waals surface area contributed by atoms with Gasteiger partial charge in [-0.05, 0) is 30.7 Å². The van der Waals surface area contributed by atoms with Crippen LogP contribution in [0.3, 0.4) is 0 Å². The third kappa shape index (κ3) is 4.66. The molecule has 2 rings (SSSR count). The second-order valence-electron chi connectivity index (χ2n) is 6.05. The van der Waals surface area contributed by atoms with E-state index >= 15 is 0 Å². The van der Waals surface area contributed by atoms with E-state index in [4.69, 9.17) is 0 Å². The standard InChI is InChI=1S/C18H24N2O3/c1-3-14-11-16(18(22)23)20-17(14)15(19-12(2)21)10-9-13-7-5-4-6-8-13/h3-8,14-17,20H,1,9-11H2,2H3,(H,19,21)(H,22,23)/t14-,15+,16-,17?/m1/s1. The lowest BCUT2D eigenvalue weighted by atomic mass is 9.90. The van der Waals surface area contributed by atoms with E-state index in [0.717, 1.165) is 12.8 Å². The van der Waals surface area contributed by atoms with Crippen LogP contribution in [0, 0.1) is 5.92 Å². The largest absolute Gasteiger partial charge is 0.480 e. The Labute approximate surface area is 136 Å². The molecule has 0 spiro atoms. The normalized spacial score (nSPS) is 24.8.